The number of H-pyrrole nitrogens is 1. The molecule has 28 heavy (non-hydrogen) atoms. The Bertz CT molecular complexity index is 995. The lowest BCUT2D eigenvalue weighted by molar-refractivity contribution is 0.0954. The van der Waals surface area contributed by atoms with Gasteiger partial charge in [0.15, 0.2) is 0 Å². The van der Waals surface area contributed by atoms with Crippen LogP contribution < -0.4 is 15.8 Å². The van der Waals surface area contributed by atoms with E-state index in [0.29, 0.717) is 26.2 Å². The van der Waals surface area contributed by atoms with Gasteiger partial charge in [0.05, 0.1) is 5.75 Å². The number of amides is 1. The number of rotatable bonds is 6. The molecule has 1 aliphatic heterocycles. The molecule has 0 unspecified atom stereocenters. The van der Waals surface area contributed by atoms with E-state index in [-0.39, 0.29) is 17.9 Å². The van der Waals surface area contributed by atoms with Crippen molar-refractivity contribution in [2.45, 2.75) is 6.92 Å². The quantitative estimate of drug-likeness (QED) is 0.733. The van der Waals surface area contributed by atoms with E-state index in [0.717, 1.165) is 5.69 Å². The highest BCUT2D eigenvalue weighted by molar-refractivity contribution is 7.89. The predicted molar refractivity (Wildman–Crippen MR) is 108 cm³/mol. The number of aryl methyl sites for hydroxylation is 1. The first-order valence-electron chi connectivity index (χ1n) is 9.12. The summed E-state index contributed by atoms with van der Waals surface area (Å²) in [5, 5.41) is 2.50. The van der Waals surface area contributed by atoms with Crippen molar-refractivity contribution in [1.29, 1.82) is 0 Å². The monoisotopic (exact) mass is 404 g/mol. The van der Waals surface area contributed by atoms with Gasteiger partial charge in [-0.1, -0.05) is 12.1 Å². The number of sulfonamides is 1. The Morgan fingerprint density at radius 1 is 1.14 bits per heavy atom. The second-order valence-corrected chi connectivity index (χ2v) is 8.80. The first-order chi connectivity index (χ1) is 13.4. The number of carbonyl (C=O) groups is 1. The van der Waals surface area contributed by atoms with Gasteiger partial charge in [-0.25, -0.2) is 8.42 Å². The van der Waals surface area contributed by atoms with Crippen molar-refractivity contribution < 1.29 is 13.2 Å². The molecule has 0 spiro atoms. The van der Waals surface area contributed by atoms with Crippen molar-refractivity contribution in [1.82, 2.24) is 14.6 Å². The molecule has 1 amide bonds. The summed E-state index contributed by atoms with van der Waals surface area (Å²) in [4.78, 5) is 28.2. The minimum absolute atomic E-state index is 0.0355. The van der Waals surface area contributed by atoms with Crippen LogP contribution in [0, 0.1) is 6.92 Å². The number of hydrogen-bond donors (Lipinski definition) is 2. The van der Waals surface area contributed by atoms with Gasteiger partial charge in [0.1, 0.15) is 5.56 Å². The highest BCUT2D eigenvalue weighted by atomic mass is 32.2. The first-order valence-corrected chi connectivity index (χ1v) is 10.7. The van der Waals surface area contributed by atoms with Crippen LogP contribution in [0.4, 0.5) is 5.69 Å². The summed E-state index contributed by atoms with van der Waals surface area (Å²) in [6.45, 7) is 4.03. The molecule has 150 valence electrons. The summed E-state index contributed by atoms with van der Waals surface area (Å²) in [5.74, 6) is -0.783. The third-order valence-corrected chi connectivity index (χ3v) is 6.58. The largest absolute Gasteiger partial charge is 0.369 e. The van der Waals surface area contributed by atoms with Crippen LogP contribution in [0.5, 0.6) is 0 Å². The number of nitrogens with one attached hydrogen (secondary N) is 2. The SMILES string of the molecule is Cc1cccc(N2CCN(S(=O)(=O)CCNC(=O)c3ccc[nH]c3=O)CC2)c1. The zero-order valence-corrected chi connectivity index (χ0v) is 16.5. The van der Waals surface area contributed by atoms with Crippen molar-refractivity contribution in [3.8, 4) is 0 Å². The first kappa shape index (κ1) is 20.1. The lowest BCUT2D eigenvalue weighted by Gasteiger charge is -2.35. The van der Waals surface area contributed by atoms with Crippen LogP contribution >= 0.6 is 0 Å². The number of pyridine rings is 1. The van der Waals surface area contributed by atoms with Gasteiger partial charge < -0.3 is 15.2 Å². The molecular weight excluding hydrogens is 380 g/mol. The second kappa shape index (κ2) is 8.57. The van der Waals surface area contributed by atoms with E-state index < -0.39 is 21.5 Å². The Hall–Kier alpha value is -2.65. The minimum Gasteiger partial charge on any atom is -0.369 e. The molecule has 1 aromatic heterocycles. The molecule has 0 radical (unpaired) electrons. The van der Waals surface area contributed by atoms with E-state index in [4.69, 9.17) is 0 Å². The molecule has 9 heteroatoms. The zero-order valence-electron chi connectivity index (χ0n) is 15.7. The van der Waals surface area contributed by atoms with Gasteiger partial charge in [0.25, 0.3) is 11.5 Å². The maximum atomic E-state index is 12.6. The number of carbonyl (C=O) groups excluding carboxylic acids is 1. The van der Waals surface area contributed by atoms with Gasteiger partial charge in [-0.3, -0.25) is 9.59 Å². The van der Waals surface area contributed by atoms with Crippen molar-refractivity contribution in [2.75, 3.05) is 43.4 Å². The number of hydrogen-bond acceptors (Lipinski definition) is 5. The van der Waals surface area contributed by atoms with Crippen molar-refractivity contribution in [2.24, 2.45) is 0 Å². The summed E-state index contributed by atoms with van der Waals surface area (Å²) >= 11 is 0. The van der Waals surface area contributed by atoms with E-state index in [1.54, 1.807) is 6.07 Å². The molecule has 2 aromatic rings. The average molecular weight is 404 g/mol. The molecule has 3 rings (SSSR count). The zero-order chi connectivity index (χ0) is 20.1. The molecule has 1 aromatic carbocycles. The Kier molecular flexibility index (Phi) is 6.15. The Labute approximate surface area is 164 Å². The normalized spacial score (nSPS) is 15.4. The highest BCUT2D eigenvalue weighted by Crippen LogP contribution is 2.18. The highest BCUT2D eigenvalue weighted by Gasteiger charge is 2.27. The fraction of sp³-hybridized carbons (Fsp3) is 0.368. The summed E-state index contributed by atoms with van der Waals surface area (Å²) in [6.07, 6.45) is 1.43. The Morgan fingerprint density at radius 3 is 2.57 bits per heavy atom. The Balaban J connectivity index is 1.51. The molecule has 1 saturated heterocycles. The fourth-order valence-electron chi connectivity index (χ4n) is 3.17. The van der Waals surface area contributed by atoms with Gasteiger partial charge in [-0.2, -0.15) is 4.31 Å². The van der Waals surface area contributed by atoms with Crippen LogP contribution in [0.1, 0.15) is 15.9 Å². The van der Waals surface area contributed by atoms with E-state index in [9.17, 15) is 18.0 Å². The van der Waals surface area contributed by atoms with Crippen LogP contribution in [0.15, 0.2) is 47.4 Å². The smallest absolute Gasteiger partial charge is 0.260 e. The molecule has 8 nitrogen and oxygen atoms in total. The molecular formula is C19H24N4O4S. The van der Waals surface area contributed by atoms with Gasteiger partial charge in [0.2, 0.25) is 10.0 Å². The van der Waals surface area contributed by atoms with Crippen molar-refractivity contribution in [3.05, 3.63) is 64.1 Å². The lowest BCUT2D eigenvalue weighted by atomic mass is 10.2. The molecule has 1 aliphatic rings. The number of nitrogens with zero attached hydrogens (tertiary/aromatic N) is 2. The van der Waals surface area contributed by atoms with E-state index in [2.05, 4.69) is 21.3 Å². The third-order valence-electron chi connectivity index (χ3n) is 4.71. The summed E-state index contributed by atoms with van der Waals surface area (Å²) in [6, 6.07) is 11.1. The lowest BCUT2D eigenvalue weighted by Crippen LogP contribution is -2.50. The standard InChI is InChI=1S/C19H24N4O4S/c1-15-4-2-5-16(14-15)22-9-11-23(12-10-22)28(26,27)13-8-21-19(25)17-6-3-7-20-18(17)24/h2-7,14H,8-13H2,1H3,(H,20,24)(H,21,25). The van der Waals surface area contributed by atoms with Crippen molar-refractivity contribution in [3.63, 3.8) is 0 Å². The fourth-order valence-corrected chi connectivity index (χ4v) is 4.51. The second-order valence-electron chi connectivity index (χ2n) is 6.71. The molecule has 2 N–H and O–H groups in total. The van der Waals surface area contributed by atoms with Gasteiger partial charge in [-0.15, -0.1) is 0 Å². The van der Waals surface area contributed by atoms with Crippen molar-refractivity contribution >= 4 is 21.6 Å². The summed E-state index contributed by atoms with van der Waals surface area (Å²) in [7, 11) is -3.48. The summed E-state index contributed by atoms with van der Waals surface area (Å²) in [5.41, 5.74) is 1.72. The van der Waals surface area contributed by atoms with Crippen LogP contribution in [0.3, 0.4) is 0 Å². The third kappa shape index (κ3) is 4.79. The topological polar surface area (TPSA) is 103 Å². The molecule has 0 bridgehead atoms. The van der Waals surface area contributed by atoms with Crippen LogP contribution in [0.25, 0.3) is 0 Å². The number of anilines is 1. The number of aromatic amines is 1. The van der Waals surface area contributed by atoms with Crippen LogP contribution in [0.2, 0.25) is 0 Å². The van der Waals surface area contributed by atoms with Crippen LogP contribution in [-0.4, -0.2) is 62.1 Å². The van der Waals surface area contributed by atoms with Crippen LogP contribution in [-0.2, 0) is 10.0 Å². The molecule has 0 saturated carbocycles. The average Bonchev–Trinajstić information content (AvgIpc) is 2.68. The number of benzene rings is 1. The number of aromatic nitrogens is 1. The minimum atomic E-state index is -3.48. The summed E-state index contributed by atoms with van der Waals surface area (Å²) < 4.78 is 26.6. The van der Waals surface area contributed by atoms with Gasteiger partial charge in [0, 0.05) is 44.6 Å². The Morgan fingerprint density at radius 2 is 1.89 bits per heavy atom. The number of piperazine rings is 1. The molecule has 2 heterocycles. The molecule has 0 aliphatic carbocycles. The maximum absolute atomic E-state index is 12.6. The maximum Gasteiger partial charge on any atom is 0.260 e. The van der Waals surface area contributed by atoms with E-state index in [1.807, 2.05) is 25.1 Å². The predicted octanol–water partition coefficient (Wildman–Crippen LogP) is 0.565. The van der Waals surface area contributed by atoms with Gasteiger partial charge in [-0.05, 0) is 36.8 Å². The van der Waals surface area contributed by atoms with E-state index >= 15 is 0 Å². The molecule has 0 atom stereocenters. The van der Waals surface area contributed by atoms with E-state index in [1.165, 1.54) is 22.1 Å². The molecule has 1 fully saturated rings. The van der Waals surface area contributed by atoms with Gasteiger partial charge >= 0.3 is 0 Å².